The van der Waals surface area contributed by atoms with E-state index in [1.54, 1.807) is 19.9 Å². The number of fused-ring (bicyclic) bond motifs is 1. The summed E-state index contributed by atoms with van der Waals surface area (Å²) in [5.74, 6) is -1.19. The van der Waals surface area contributed by atoms with Gasteiger partial charge in [-0.3, -0.25) is 0 Å². The molecule has 0 unspecified atom stereocenters. The molecule has 2 N–H and O–H groups in total. The van der Waals surface area contributed by atoms with Crippen molar-refractivity contribution in [2.45, 2.75) is 19.9 Å². The molecule has 0 aliphatic carbocycles. The van der Waals surface area contributed by atoms with Crippen LogP contribution in [-0.4, -0.2) is 42.2 Å². The molecule has 146 valence electrons. The number of benzene rings is 1. The van der Waals surface area contributed by atoms with Gasteiger partial charge in [-0.25, -0.2) is 19.4 Å². The molecule has 9 heteroatoms. The predicted octanol–water partition coefficient (Wildman–Crippen LogP) is 2.37. The highest BCUT2D eigenvalue weighted by Gasteiger charge is 2.30. The molecule has 1 aromatic carbocycles. The van der Waals surface area contributed by atoms with Gasteiger partial charge in [-0.2, -0.15) is 0 Å². The number of esters is 2. The van der Waals surface area contributed by atoms with E-state index in [0.717, 1.165) is 10.2 Å². The van der Waals surface area contributed by atoms with Crippen molar-refractivity contribution in [3.8, 4) is 0 Å². The van der Waals surface area contributed by atoms with Crippen LogP contribution in [0.25, 0.3) is 16.3 Å². The Morgan fingerprint density at radius 2 is 2.07 bits per heavy atom. The zero-order valence-corrected chi connectivity index (χ0v) is 16.2. The quantitative estimate of drug-likeness (QED) is 0.569. The van der Waals surface area contributed by atoms with Crippen LogP contribution in [0.2, 0.25) is 0 Å². The average molecular weight is 401 g/mol. The van der Waals surface area contributed by atoms with Gasteiger partial charge in [0.1, 0.15) is 11.6 Å². The molecule has 8 nitrogen and oxygen atoms in total. The standard InChI is InChI=1S/C19H19N3O5S/c1-3-26-18(24)17-11(2)20-19(25)22-13(17)10-27-16(23)9-8-15-21-12-6-4-5-7-14(12)28-15/h4-9,11H,3,10H2,1-2H3,(H2,20,22,25)/b9-8+/t11-/m1/s1. The monoisotopic (exact) mass is 401 g/mol. The SMILES string of the molecule is CCOC(=O)C1=C(COC(=O)/C=C/c2nc3ccccc3s2)NC(=O)N[C@@H]1C. The lowest BCUT2D eigenvalue weighted by Crippen LogP contribution is -2.50. The second-order valence-corrected chi connectivity index (χ2v) is 6.96. The van der Waals surface area contributed by atoms with Crippen molar-refractivity contribution in [1.29, 1.82) is 0 Å². The molecule has 0 radical (unpaired) electrons. The highest BCUT2D eigenvalue weighted by atomic mass is 32.1. The number of rotatable bonds is 6. The Hall–Kier alpha value is -3.20. The maximum atomic E-state index is 12.1. The Morgan fingerprint density at radius 1 is 1.29 bits per heavy atom. The van der Waals surface area contributed by atoms with E-state index in [2.05, 4.69) is 15.6 Å². The number of nitrogens with zero attached hydrogens (tertiary/aromatic N) is 1. The number of nitrogens with one attached hydrogen (secondary N) is 2. The average Bonchev–Trinajstić information content (AvgIpc) is 3.07. The van der Waals surface area contributed by atoms with Crippen LogP contribution >= 0.6 is 11.3 Å². The zero-order chi connectivity index (χ0) is 20.1. The zero-order valence-electron chi connectivity index (χ0n) is 15.4. The van der Waals surface area contributed by atoms with Gasteiger partial charge in [-0.05, 0) is 32.1 Å². The summed E-state index contributed by atoms with van der Waals surface area (Å²) in [4.78, 5) is 40.3. The van der Waals surface area contributed by atoms with Crippen molar-refractivity contribution < 1.29 is 23.9 Å². The summed E-state index contributed by atoms with van der Waals surface area (Å²) in [7, 11) is 0. The Kier molecular flexibility index (Phi) is 6.05. The fourth-order valence-corrected chi connectivity index (χ4v) is 3.56. The first-order valence-corrected chi connectivity index (χ1v) is 9.47. The van der Waals surface area contributed by atoms with Gasteiger partial charge in [0.2, 0.25) is 0 Å². The van der Waals surface area contributed by atoms with Gasteiger partial charge in [-0.1, -0.05) is 12.1 Å². The van der Waals surface area contributed by atoms with E-state index in [1.807, 2.05) is 24.3 Å². The molecule has 1 aliphatic rings. The molecule has 0 saturated heterocycles. The lowest BCUT2D eigenvalue weighted by molar-refractivity contribution is -0.140. The molecule has 28 heavy (non-hydrogen) atoms. The Labute approximate surface area is 165 Å². The molecule has 1 atom stereocenters. The minimum atomic E-state index is -0.615. The van der Waals surface area contributed by atoms with Crippen molar-refractivity contribution in [3.63, 3.8) is 0 Å². The summed E-state index contributed by atoms with van der Waals surface area (Å²) < 4.78 is 11.2. The maximum Gasteiger partial charge on any atom is 0.338 e. The number of urea groups is 1. The lowest BCUT2D eigenvalue weighted by Gasteiger charge is -2.26. The highest BCUT2D eigenvalue weighted by Crippen LogP contribution is 2.22. The number of ether oxygens (including phenoxy) is 2. The smallest absolute Gasteiger partial charge is 0.338 e. The second kappa shape index (κ2) is 8.66. The van der Waals surface area contributed by atoms with Gasteiger partial charge in [0.05, 0.1) is 34.1 Å². The number of aromatic nitrogens is 1. The first kappa shape index (κ1) is 19.6. The van der Waals surface area contributed by atoms with Crippen molar-refractivity contribution in [2.24, 2.45) is 0 Å². The molecule has 2 heterocycles. The molecule has 3 rings (SSSR count). The van der Waals surface area contributed by atoms with Crippen molar-refractivity contribution in [1.82, 2.24) is 15.6 Å². The second-order valence-electron chi connectivity index (χ2n) is 5.89. The lowest BCUT2D eigenvalue weighted by atomic mass is 10.0. The first-order valence-electron chi connectivity index (χ1n) is 8.66. The molecule has 1 aliphatic heterocycles. The molecule has 0 saturated carbocycles. The van der Waals surface area contributed by atoms with E-state index >= 15 is 0 Å². The Bertz CT molecular complexity index is 946. The van der Waals surface area contributed by atoms with E-state index in [1.165, 1.54) is 17.4 Å². The number of para-hydroxylation sites is 1. The molecule has 2 amide bonds. The molecular weight excluding hydrogens is 382 g/mol. The van der Waals surface area contributed by atoms with Gasteiger partial charge < -0.3 is 20.1 Å². The van der Waals surface area contributed by atoms with Gasteiger partial charge in [0.25, 0.3) is 0 Å². The summed E-state index contributed by atoms with van der Waals surface area (Å²) in [5, 5.41) is 5.75. The Balaban J connectivity index is 1.68. The Morgan fingerprint density at radius 3 is 2.82 bits per heavy atom. The summed E-state index contributed by atoms with van der Waals surface area (Å²) in [6.07, 6.45) is 2.83. The predicted molar refractivity (Wildman–Crippen MR) is 104 cm³/mol. The fraction of sp³-hybridized carbons (Fsp3) is 0.263. The van der Waals surface area contributed by atoms with Gasteiger partial charge >= 0.3 is 18.0 Å². The van der Waals surface area contributed by atoms with E-state index in [0.29, 0.717) is 5.01 Å². The molecule has 0 bridgehead atoms. The largest absolute Gasteiger partial charge is 0.463 e. The van der Waals surface area contributed by atoms with E-state index in [9.17, 15) is 14.4 Å². The van der Waals surface area contributed by atoms with Gasteiger partial charge in [0.15, 0.2) is 0 Å². The van der Waals surface area contributed by atoms with Gasteiger partial charge in [-0.15, -0.1) is 11.3 Å². The van der Waals surface area contributed by atoms with Crippen LogP contribution in [-0.2, 0) is 19.1 Å². The maximum absolute atomic E-state index is 12.1. The number of amides is 2. The summed E-state index contributed by atoms with van der Waals surface area (Å²) >= 11 is 1.45. The van der Waals surface area contributed by atoms with Crippen molar-refractivity contribution in [2.75, 3.05) is 13.2 Å². The number of hydrogen-bond acceptors (Lipinski definition) is 7. The summed E-state index contributed by atoms with van der Waals surface area (Å²) in [6.45, 7) is 3.28. The van der Waals surface area contributed by atoms with Crippen LogP contribution in [0.5, 0.6) is 0 Å². The number of thiazole rings is 1. The first-order chi connectivity index (χ1) is 13.5. The third kappa shape index (κ3) is 4.55. The van der Waals surface area contributed by atoms with Crippen LogP contribution in [0.15, 0.2) is 41.6 Å². The molecule has 1 aromatic heterocycles. The van der Waals surface area contributed by atoms with Crippen LogP contribution in [0.1, 0.15) is 18.9 Å². The highest BCUT2D eigenvalue weighted by molar-refractivity contribution is 7.19. The molecular formula is C19H19N3O5S. The molecule has 2 aromatic rings. The van der Waals surface area contributed by atoms with Gasteiger partial charge in [0, 0.05) is 6.08 Å². The number of carbonyl (C=O) groups is 3. The van der Waals surface area contributed by atoms with Crippen molar-refractivity contribution in [3.05, 3.63) is 46.6 Å². The van der Waals surface area contributed by atoms with Crippen LogP contribution in [0, 0.1) is 0 Å². The fourth-order valence-electron chi connectivity index (χ4n) is 2.69. The minimum Gasteiger partial charge on any atom is -0.463 e. The summed E-state index contributed by atoms with van der Waals surface area (Å²) in [6, 6.07) is 6.63. The van der Waals surface area contributed by atoms with Crippen molar-refractivity contribution >= 4 is 45.6 Å². The minimum absolute atomic E-state index is 0.195. The van der Waals surface area contributed by atoms with E-state index < -0.39 is 24.0 Å². The number of carbonyl (C=O) groups excluding carboxylic acids is 3. The van der Waals surface area contributed by atoms with E-state index in [4.69, 9.17) is 9.47 Å². The van der Waals surface area contributed by atoms with Crippen LogP contribution in [0.4, 0.5) is 4.79 Å². The number of hydrogen-bond donors (Lipinski definition) is 2. The summed E-state index contributed by atoms with van der Waals surface area (Å²) in [5.41, 5.74) is 1.29. The molecule has 0 spiro atoms. The topological polar surface area (TPSA) is 107 Å². The molecule has 0 fully saturated rings. The third-order valence-electron chi connectivity index (χ3n) is 3.90. The third-order valence-corrected chi connectivity index (χ3v) is 4.90. The van der Waals surface area contributed by atoms with Crippen LogP contribution in [0.3, 0.4) is 0 Å². The van der Waals surface area contributed by atoms with E-state index in [-0.39, 0.29) is 24.5 Å². The normalized spacial score (nSPS) is 16.8. The van der Waals surface area contributed by atoms with Crippen LogP contribution < -0.4 is 10.6 Å².